The molecule has 8 heteroatoms. The maximum absolute atomic E-state index is 13.3. The lowest BCUT2D eigenvalue weighted by atomic mass is 10.2. The first-order valence-corrected chi connectivity index (χ1v) is 10.6. The van der Waals surface area contributed by atoms with Crippen LogP contribution >= 0.6 is 11.6 Å². The van der Waals surface area contributed by atoms with Crippen LogP contribution in [0.15, 0.2) is 53.4 Å². The lowest BCUT2D eigenvalue weighted by molar-refractivity contribution is 0.584. The average molecular weight is 403 g/mol. The van der Waals surface area contributed by atoms with Gasteiger partial charge in [-0.15, -0.1) is 0 Å². The monoisotopic (exact) mass is 402 g/mol. The minimum atomic E-state index is -3.78. The summed E-state index contributed by atoms with van der Waals surface area (Å²) in [5.74, 6) is 0.963. The standard InChI is InChI=1S/C19H19ClN4O2S/c1-3-13(2)23-12-24(27(25,26)15-10-8-14(20)9-11-15)19-18(23)21-16-6-4-5-7-17(16)22-19/h4-11,13H,3,12H2,1-2H3. The lowest BCUT2D eigenvalue weighted by Crippen LogP contribution is -2.39. The Labute approximate surface area is 163 Å². The molecule has 1 unspecified atom stereocenters. The molecule has 0 saturated carbocycles. The van der Waals surface area contributed by atoms with Crippen molar-refractivity contribution in [2.75, 3.05) is 15.9 Å². The summed E-state index contributed by atoms with van der Waals surface area (Å²) in [5.41, 5.74) is 1.41. The summed E-state index contributed by atoms with van der Waals surface area (Å²) in [4.78, 5) is 11.5. The zero-order chi connectivity index (χ0) is 19.2. The van der Waals surface area contributed by atoms with E-state index in [0.717, 1.165) is 11.9 Å². The van der Waals surface area contributed by atoms with Crippen LogP contribution in [0.5, 0.6) is 0 Å². The van der Waals surface area contributed by atoms with E-state index in [1.165, 1.54) is 16.4 Å². The summed E-state index contributed by atoms with van der Waals surface area (Å²) in [7, 11) is -3.78. The minimum Gasteiger partial charge on any atom is -0.332 e. The first kappa shape index (κ1) is 18.0. The van der Waals surface area contributed by atoms with Crippen LogP contribution in [0.4, 0.5) is 11.6 Å². The highest BCUT2D eigenvalue weighted by atomic mass is 35.5. The summed E-state index contributed by atoms with van der Waals surface area (Å²) in [6.45, 7) is 4.31. The topological polar surface area (TPSA) is 66.4 Å². The predicted octanol–water partition coefficient (Wildman–Crippen LogP) is 4.05. The Kier molecular flexibility index (Phi) is 4.44. The van der Waals surface area contributed by atoms with Crippen molar-refractivity contribution in [2.45, 2.75) is 31.2 Å². The first-order valence-electron chi connectivity index (χ1n) is 8.73. The molecule has 6 nitrogen and oxygen atoms in total. The number of rotatable bonds is 4. The molecular formula is C19H19ClN4O2S. The number of anilines is 2. The highest BCUT2D eigenvalue weighted by Crippen LogP contribution is 2.39. The Morgan fingerprint density at radius 2 is 1.63 bits per heavy atom. The molecule has 0 N–H and O–H groups in total. The molecule has 0 fully saturated rings. The number of fused-ring (bicyclic) bond motifs is 2. The third-order valence-electron chi connectivity index (χ3n) is 4.85. The van der Waals surface area contributed by atoms with E-state index in [-0.39, 0.29) is 17.6 Å². The highest BCUT2D eigenvalue weighted by Gasteiger charge is 2.39. The third-order valence-corrected chi connectivity index (χ3v) is 6.84. The van der Waals surface area contributed by atoms with Crippen LogP contribution in [-0.2, 0) is 10.0 Å². The van der Waals surface area contributed by atoms with Gasteiger partial charge < -0.3 is 4.90 Å². The van der Waals surface area contributed by atoms with Gasteiger partial charge in [0.1, 0.15) is 6.67 Å². The van der Waals surface area contributed by atoms with E-state index in [4.69, 9.17) is 16.6 Å². The van der Waals surface area contributed by atoms with Crippen LogP contribution < -0.4 is 9.21 Å². The van der Waals surface area contributed by atoms with Crippen LogP contribution in [0.25, 0.3) is 11.0 Å². The molecule has 1 aromatic heterocycles. The Hall–Kier alpha value is -2.38. The molecule has 1 aliphatic rings. The van der Waals surface area contributed by atoms with E-state index in [1.807, 2.05) is 29.2 Å². The van der Waals surface area contributed by atoms with E-state index in [2.05, 4.69) is 18.8 Å². The molecule has 4 rings (SSSR count). The molecule has 2 aromatic carbocycles. The van der Waals surface area contributed by atoms with Gasteiger partial charge in [0.25, 0.3) is 10.0 Å². The number of hydrogen-bond donors (Lipinski definition) is 0. The summed E-state index contributed by atoms with van der Waals surface area (Å²) in [5, 5.41) is 0.489. The molecule has 1 aliphatic heterocycles. The molecule has 27 heavy (non-hydrogen) atoms. The fourth-order valence-corrected chi connectivity index (χ4v) is 4.59. The SMILES string of the molecule is CCC(C)N1CN(S(=O)(=O)c2ccc(Cl)cc2)c2nc3ccccc3nc21. The normalized spacial score (nSPS) is 15.2. The highest BCUT2D eigenvalue weighted by molar-refractivity contribution is 7.92. The number of halogens is 1. The van der Waals surface area contributed by atoms with Gasteiger partial charge in [-0.2, -0.15) is 0 Å². The van der Waals surface area contributed by atoms with Gasteiger partial charge in [0, 0.05) is 11.1 Å². The van der Waals surface area contributed by atoms with Crippen LogP contribution in [0, 0.1) is 0 Å². The fourth-order valence-electron chi connectivity index (χ4n) is 3.11. The van der Waals surface area contributed by atoms with Crippen molar-refractivity contribution in [2.24, 2.45) is 0 Å². The second-order valence-corrected chi connectivity index (χ2v) is 8.83. The van der Waals surface area contributed by atoms with Crippen molar-refractivity contribution in [3.05, 3.63) is 53.6 Å². The Bertz CT molecular complexity index is 1100. The Morgan fingerprint density at radius 3 is 2.22 bits per heavy atom. The summed E-state index contributed by atoms with van der Waals surface area (Å²) in [6.07, 6.45) is 0.864. The van der Waals surface area contributed by atoms with Gasteiger partial charge in [-0.25, -0.2) is 22.7 Å². The van der Waals surface area contributed by atoms with Crippen molar-refractivity contribution >= 4 is 44.3 Å². The molecule has 140 valence electrons. The largest absolute Gasteiger partial charge is 0.332 e. The van der Waals surface area contributed by atoms with Crippen molar-refractivity contribution in [1.82, 2.24) is 9.97 Å². The summed E-state index contributed by atoms with van der Waals surface area (Å²) in [6, 6.07) is 13.8. The van der Waals surface area contributed by atoms with Gasteiger partial charge in [0.05, 0.1) is 15.9 Å². The zero-order valence-corrected chi connectivity index (χ0v) is 16.6. The third kappa shape index (κ3) is 3.00. The zero-order valence-electron chi connectivity index (χ0n) is 15.0. The quantitative estimate of drug-likeness (QED) is 0.658. The van der Waals surface area contributed by atoms with Gasteiger partial charge >= 0.3 is 0 Å². The van der Waals surface area contributed by atoms with Gasteiger partial charge in [0.15, 0.2) is 11.6 Å². The number of aromatic nitrogens is 2. The Balaban J connectivity index is 1.88. The average Bonchev–Trinajstić information content (AvgIpc) is 3.05. The predicted molar refractivity (Wildman–Crippen MR) is 108 cm³/mol. The van der Waals surface area contributed by atoms with E-state index in [1.54, 1.807) is 12.1 Å². The lowest BCUT2D eigenvalue weighted by Gasteiger charge is -2.25. The maximum Gasteiger partial charge on any atom is 0.267 e. The first-order chi connectivity index (χ1) is 12.9. The second-order valence-electron chi connectivity index (χ2n) is 6.54. The van der Waals surface area contributed by atoms with Crippen LogP contribution in [0.1, 0.15) is 20.3 Å². The van der Waals surface area contributed by atoms with E-state index >= 15 is 0 Å². The maximum atomic E-state index is 13.3. The van der Waals surface area contributed by atoms with Crippen molar-refractivity contribution in [1.29, 1.82) is 0 Å². The molecule has 0 radical (unpaired) electrons. The molecule has 0 bridgehead atoms. The molecule has 3 aromatic rings. The van der Waals surface area contributed by atoms with E-state index in [9.17, 15) is 8.42 Å². The molecule has 1 atom stereocenters. The smallest absolute Gasteiger partial charge is 0.267 e. The number of para-hydroxylation sites is 2. The van der Waals surface area contributed by atoms with Gasteiger partial charge in [-0.1, -0.05) is 30.7 Å². The summed E-state index contributed by atoms with van der Waals surface area (Å²) < 4.78 is 27.9. The van der Waals surface area contributed by atoms with Crippen LogP contribution in [0.2, 0.25) is 5.02 Å². The van der Waals surface area contributed by atoms with Crippen molar-refractivity contribution < 1.29 is 8.42 Å². The fraction of sp³-hybridized carbons (Fsp3) is 0.263. The number of nitrogens with zero attached hydrogens (tertiary/aromatic N) is 4. The molecule has 2 heterocycles. The van der Waals surface area contributed by atoms with Gasteiger partial charge in [0.2, 0.25) is 0 Å². The van der Waals surface area contributed by atoms with E-state index < -0.39 is 10.0 Å². The van der Waals surface area contributed by atoms with Crippen LogP contribution in [0.3, 0.4) is 0 Å². The molecule has 0 aliphatic carbocycles. The van der Waals surface area contributed by atoms with Crippen molar-refractivity contribution in [3.8, 4) is 0 Å². The summed E-state index contributed by atoms with van der Waals surface area (Å²) >= 11 is 5.91. The second kappa shape index (κ2) is 6.65. The molecule has 0 spiro atoms. The Morgan fingerprint density at radius 1 is 1.04 bits per heavy atom. The number of hydrogen-bond acceptors (Lipinski definition) is 5. The number of sulfonamides is 1. The van der Waals surface area contributed by atoms with Gasteiger partial charge in [-0.05, 0) is 49.7 Å². The van der Waals surface area contributed by atoms with Crippen molar-refractivity contribution in [3.63, 3.8) is 0 Å². The molecular weight excluding hydrogens is 384 g/mol. The van der Waals surface area contributed by atoms with Crippen LogP contribution in [-0.4, -0.2) is 31.1 Å². The molecule has 0 saturated heterocycles. The molecule has 0 amide bonds. The number of benzene rings is 2. The van der Waals surface area contributed by atoms with Gasteiger partial charge in [-0.3, -0.25) is 0 Å². The van der Waals surface area contributed by atoms with E-state index in [0.29, 0.717) is 22.2 Å². The minimum absolute atomic E-state index is 0.129.